The molecule has 1 spiro atoms. The lowest BCUT2D eigenvalue weighted by Gasteiger charge is -2.46. The number of carbonyl (C=O) groups is 1. The molecule has 1 N–H and O–H groups in total. The van der Waals surface area contributed by atoms with Crippen molar-refractivity contribution in [1.29, 1.82) is 0 Å². The summed E-state index contributed by atoms with van der Waals surface area (Å²) in [4.78, 5) is 21.7. The Balaban J connectivity index is 2.16. The van der Waals surface area contributed by atoms with Gasteiger partial charge in [0, 0.05) is 19.8 Å². The maximum absolute atomic E-state index is 11.3. The van der Waals surface area contributed by atoms with E-state index in [9.17, 15) is 14.8 Å². The first-order valence-electron chi connectivity index (χ1n) is 5.57. The van der Waals surface area contributed by atoms with Crippen LogP contribution in [0.15, 0.2) is 5.29 Å². The first kappa shape index (κ1) is 11.3. The molecule has 6 heteroatoms. The summed E-state index contributed by atoms with van der Waals surface area (Å²) in [5, 5.41) is 13.4. The third-order valence-electron chi connectivity index (χ3n) is 3.90. The van der Waals surface area contributed by atoms with Gasteiger partial charge in [-0.15, -0.1) is 4.91 Å². The van der Waals surface area contributed by atoms with E-state index < -0.39 is 11.9 Å². The minimum atomic E-state index is -0.824. The van der Waals surface area contributed by atoms with Crippen molar-refractivity contribution in [3.05, 3.63) is 4.91 Å². The van der Waals surface area contributed by atoms with Crippen molar-refractivity contribution in [2.75, 3.05) is 26.3 Å². The second kappa shape index (κ2) is 4.37. The quantitative estimate of drug-likeness (QED) is 0.709. The van der Waals surface area contributed by atoms with Crippen LogP contribution in [0.3, 0.4) is 0 Å². The Labute approximate surface area is 93.5 Å². The zero-order chi connectivity index (χ0) is 11.6. The SMILES string of the molecule is O=NN1CCC2(CCOCC2)C(C(=O)O)C1. The first-order chi connectivity index (χ1) is 7.68. The monoisotopic (exact) mass is 228 g/mol. The number of aliphatic carboxylic acids is 1. The Kier molecular flexibility index (Phi) is 3.09. The van der Waals surface area contributed by atoms with Gasteiger partial charge in [-0.3, -0.25) is 9.80 Å². The van der Waals surface area contributed by atoms with Crippen molar-refractivity contribution in [3.63, 3.8) is 0 Å². The zero-order valence-corrected chi connectivity index (χ0v) is 9.09. The largest absolute Gasteiger partial charge is 0.481 e. The number of ether oxygens (including phenoxy) is 1. The molecule has 0 aliphatic carbocycles. The summed E-state index contributed by atoms with van der Waals surface area (Å²) in [6, 6.07) is 0. The topological polar surface area (TPSA) is 79.2 Å². The average Bonchev–Trinajstić information content (AvgIpc) is 2.30. The summed E-state index contributed by atoms with van der Waals surface area (Å²) < 4.78 is 5.29. The highest BCUT2D eigenvalue weighted by Gasteiger charge is 2.47. The fourth-order valence-electron chi connectivity index (χ4n) is 2.81. The normalized spacial score (nSPS) is 29.0. The maximum Gasteiger partial charge on any atom is 0.308 e. The number of rotatable bonds is 2. The Morgan fingerprint density at radius 1 is 1.38 bits per heavy atom. The molecule has 2 fully saturated rings. The van der Waals surface area contributed by atoms with Crippen LogP contribution in [0.25, 0.3) is 0 Å². The minimum absolute atomic E-state index is 0.189. The van der Waals surface area contributed by atoms with Crippen LogP contribution in [-0.4, -0.2) is 42.4 Å². The number of nitroso groups, excluding NO2 is 1. The molecule has 0 amide bonds. The van der Waals surface area contributed by atoms with Crippen LogP contribution in [0.2, 0.25) is 0 Å². The van der Waals surface area contributed by atoms with Crippen LogP contribution in [0.5, 0.6) is 0 Å². The molecule has 1 unspecified atom stereocenters. The van der Waals surface area contributed by atoms with Crippen LogP contribution < -0.4 is 0 Å². The van der Waals surface area contributed by atoms with Crippen molar-refractivity contribution in [1.82, 2.24) is 5.01 Å². The second-order valence-electron chi connectivity index (χ2n) is 4.61. The van der Waals surface area contributed by atoms with Crippen LogP contribution >= 0.6 is 0 Å². The lowest BCUT2D eigenvalue weighted by Crippen LogP contribution is -2.51. The fourth-order valence-corrected chi connectivity index (χ4v) is 2.81. The third kappa shape index (κ3) is 1.89. The van der Waals surface area contributed by atoms with E-state index in [2.05, 4.69) is 5.29 Å². The van der Waals surface area contributed by atoms with E-state index in [4.69, 9.17) is 4.74 Å². The summed E-state index contributed by atoms with van der Waals surface area (Å²) in [6.07, 6.45) is 2.27. The van der Waals surface area contributed by atoms with Crippen LogP contribution in [-0.2, 0) is 9.53 Å². The van der Waals surface area contributed by atoms with Gasteiger partial charge in [0.2, 0.25) is 0 Å². The molecule has 16 heavy (non-hydrogen) atoms. The third-order valence-corrected chi connectivity index (χ3v) is 3.90. The minimum Gasteiger partial charge on any atom is -0.481 e. The summed E-state index contributed by atoms with van der Waals surface area (Å²) in [7, 11) is 0. The second-order valence-corrected chi connectivity index (χ2v) is 4.61. The van der Waals surface area contributed by atoms with Gasteiger partial charge >= 0.3 is 5.97 Å². The summed E-state index contributed by atoms with van der Waals surface area (Å²) in [5.41, 5.74) is -0.189. The predicted octanol–water partition coefficient (Wildman–Crippen LogP) is 0.871. The first-order valence-corrected chi connectivity index (χ1v) is 5.57. The van der Waals surface area contributed by atoms with E-state index in [1.807, 2.05) is 0 Å². The Morgan fingerprint density at radius 3 is 2.62 bits per heavy atom. The zero-order valence-electron chi connectivity index (χ0n) is 9.09. The van der Waals surface area contributed by atoms with Gasteiger partial charge in [-0.1, -0.05) is 0 Å². The molecule has 2 saturated heterocycles. The van der Waals surface area contributed by atoms with Gasteiger partial charge in [0.1, 0.15) is 0 Å². The van der Waals surface area contributed by atoms with Crippen molar-refractivity contribution in [3.8, 4) is 0 Å². The molecular formula is C10H16N2O4. The number of hydrogen-bond acceptors (Lipinski definition) is 4. The van der Waals surface area contributed by atoms with E-state index in [-0.39, 0.29) is 12.0 Å². The molecule has 0 radical (unpaired) electrons. The molecular weight excluding hydrogens is 212 g/mol. The van der Waals surface area contributed by atoms with E-state index in [1.54, 1.807) is 0 Å². The van der Waals surface area contributed by atoms with Crippen molar-refractivity contribution in [2.24, 2.45) is 16.6 Å². The van der Waals surface area contributed by atoms with E-state index in [0.717, 1.165) is 19.3 Å². The van der Waals surface area contributed by atoms with Gasteiger partial charge < -0.3 is 9.84 Å². The van der Waals surface area contributed by atoms with Gasteiger partial charge in [-0.2, -0.15) is 0 Å². The van der Waals surface area contributed by atoms with E-state index in [1.165, 1.54) is 5.01 Å². The molecule has 2 aliphatic rings. The van der Waals surface area contributed by atoms with Gasteiger partial charge in [0.15, 0.2) is 0 Å². The summed E-state index contributed by atoms with van der Waals surface area (Å²) in [6.45, 7) is 2.04. The average molecular weight is 228 g/mol. The number of carboxylic acids is 1. The smallest absolute Gasteiger partial charge is 0.308 e. The molecule has 0 bridgehead atoms. The number of hydrogen-bond donors (Lipinski definition) is 1. The molecule has 2 aliphatic heterocycles. The highest BCUT2D eigenvalue weighted by Crippen LogP contribution is 2.44. The van der Waals surface area contributed by atoms with E-state index in [0.29, 0.717) is 19.8 Å². The standard InChI is InChI=1S/C10H16N2O4/c13-9(14)8-7-12(11-15)4-1-10(8)2-5-16-6-3-10/h8H,1-7H2,(H,13,14). The predicted molar refractivity (Wildman–Crippen MR) is 55.6 cm³/mol. The molecule has 2 rings (SSSR count). The summed E-state index contributed by atoms with van der Waals surface area (Å²) >= 11 is 0. The molecule has 0 aromatic carbocycles. The molecule has 0 aromatic heterocycles. The van der Waals surface area contributed by atoms with Crippen LogP contribution in [0, 0.1) is 16.2 Å². The molecule has 0 saturated carbocycles. The molecule has 2 heterocycles. The van der Waals surface area contributed by atoms with Gasteiger partial charge in [-0.05, 0) is 24.7 Å². The molecule has 6 nitrogen and oxygen atoms in total. The van der Waals surface area contributed by atoms with Gasteiger partial charge in [-0.25, -0.2) is 0 Å². The Morgan fingerprint density at radius 2 is 2.06 bits per heavy atom. The highest BCUT2D eigenvalue weighted by atomic mass is 16.5. The van der Waals surface area contributed by atoms with Gasteiger partial charge in [0.25, 0.3) is 0 Å². The maximum atomic E-state index is 11.3. The molecule has 0 aromatic rings. The van der Waals surface area contributed by atoms with Crippen molar-refractivity contribution < 1.29 is 14.6 Å². The molecule has 90 valence electrons. The highest BCUT2D eigenvalue weighted by molar-refractivity contribution is 5.71. The van der Waals surface area contributed by atoms with Crippen LogP contribution in [0.4, 0.5) is 0 Å². The molecule has 1 atom stereocenters. The lowest BCUT2D eigenvalue weighted by molar-refractivity contribution is -0.155. The number of carboxylic acid groups (broad SMARTS) is 1. The van der Waals surface area contributed by atoms with Gasteiger partial charge in [0.05, 0.1) is 17.7 Å². The summed E-state index contributed by atoms with van der Waals surface area (Å²) in [5.74, 6) is -1.32. The number of nitrogens with zero attached hydrogens (tertiary/aromatic N) is 2. The lowest BCUT2D eigenvalue weighted by atomic mass is 9.66. The van der Waals surface area contributed by atoms with E-state index >= 15 is 0 Å². The number of piperidine rings is 1. The van der Waals surface area contributed by atoms with Crippen molar-refractivity contribution >= 4 is 5.97 Å². The fraction of sp³-hybridized carbons (Fsp3) is 0.900. The Hall–Kier alpha value is -1.17. The van der Waals surface area contributed by atoms with Crippen molar-refractivity contribution in [2.45, 2.75) is 19.3 Å². The Bertz CT molecular complexity index is 289. The van der Waals surface area contributed by atoms with Crippen LogP contribution in [0.1, 0.15) is 19.3 Å².